The molecule has 0 unspecified atom stereocenters. The lowest BCUT2D eigenvalue weighted by Gasteiger charge is -2.13. The number of aryl methyl sites for hydroxylation is 1. The number of fused-ring (bicyclic) bond motifs is 1. The van der Waals surface area contributed by atoms with Gasteiger partial charge in [-0.2, -0.15) is 9.78 Å². The van der Waals surface area contributed by atoms with E-state index < -0.39 is 0 Å². The first-order valence-electron chi connectivity index (χ1n) is 10.3. The van der Waals surface area contributed by atoms with Gasteiger partial charge in [0.2, 0.25) is 11.0 Å². The van der Waals surface area contributed by atoms with Crippen molar-refractivity contribution in [2.45, 2.75) is 19.8 Å². The molecule has 0 saturated carbocycles. The number of imide groups is 1. The van der Waals surface area contributed by atoms with Crippen LogP contribution < -0.4 is 5.32 Å². The monoisotopic (exact) mass is 461 g/mol. The molecule has 1 N–H and O–H groups in total. The van der Waals surface area contributed by atoms with Gasteiger partial charge in [-0.05, 0) is 37.6 Å². The molecule has 4 aromatic rings. The summed E-state index contributed by atoms with van der Waals surface area (Å²) in [6.07, 6.45) is 2.08. The molecular formula is C23H19N5O4S. The van der Waals surface area contributed by atoms with Crippen LogP contribution in [0.15, 0.2) is 58.5 Å². The fourth-order valence-corrected chi connectivity index (χ4v) is 4.45. The van der Waals surface area contributed by atoms with Crippen molar-refractivity contribution >= 4 is 34.9 Å². The molecule has 0 fully saturated rings. The number of hydrogen-bond acceptors (Lipinski definition) is 7. The molecule has 0 atom stereocenters. The minimum absolute atomic E-state index is 0.146. The number of hydrogen-bond donors (Lipinski definition) is 1. The van der Waals surface area contributed by atoms with Crippen LogP contribution in [0.2, 0.25) is 0 Å². The Balaban J connectivity index is 1.22. The predicted molar refractivity (Wildman–Crippen MR) is 121 cm³/mol. The van der Waals surface area contributed by atoms with Gasteiger partial charge in [-0.15, -0.1) is 11.3 Å². The number of aromatic nitrogens is 3. The highest BCUT2D eigenvalue weighted by molar-refractivity contribution is 7.12. The van der Waals surface area contributed by atoms with Crippen molar-refractivity contribution in [2.24, 2.45) is 0 Å². The molecule has 33 heavy (non-hydrogen) atoms. The van der Waals surface area contributed by atoms with Crippen molar-refractivity contribution < 1.29 is 18.8 Å². The van der Waals surface area contributed by atoms with E-state index in [1.807, 2.05) is 18.4 Å². The molecule has 10 heteroatoms. The van der Waals surface area contributed by atoms with Gasteiger partial charge in [0, 0.05) is 24.4 Å². The highest BCUT2D eigenvalue weighted by Gasteiger charge is 2.34. The second-order valence-electron chi connectivity index (χ2n) is 7.53. The number of amides is 3. The van der Waals surface area contributed by atoms with E-state index in [-0.39, 0.29) is 30.7 Å². The summed E-state index contributed by atoms with van der Waals surface area (Å²) < 4.78 is 6.96. The molecule has 166 valence electrons. The average molecular weight is 462 g/mol. The van der Waals surface area contributed by atoms with Crippen molar-refractivity contribution in [3.05, 3.63) is 70.9 Å². The van der Waals surface area contributed by atoms with Crippen LogP contribution >= 0.6 is 11.3 Å². The zero-order chi connectivity index (χ0) is 22.9. The van der Waals surface area contributed by atoms with Crippen LogP contribution in [0.25, 0.3) is 16.6 Å². The van der Waals surface area contributed by atoms with Crippen molar-refractivity contribution in [3.63, 3.8) is 0 Å². The first-order valence-corrected chi connectivity index (χ1v) is 11.2. The lowest BCUT2D eigenvalue weighted by atomic mass is 10.1. The second kappa shape index (κ2) is 8.47. The first-order chi connectivity index (χ1) is 16.0. The number of carbonyl (C=O) groups excluding carboxylic acids is 3. The minimum Gasteiger partial charge on any atom is -0.463 e. The molecule has 9 nitrogen and oxygen atoms in total. The van der Waals surface area contributed by atoms with Gasteiger partial charge >= 0.3 is 0 Å². The Morgan fingerprint density at radius 3 is 2.58 bits per heavy atom. The third-order valence-electron chi connectivity index (χ3n) is 5.21. The van der Waals surface area contributed by atoms with Gasteiger partial charge in [0.1, 0.15) is 11.5 Å². The smallest absolute Gasteiger partial charge is 0.261 e. The molecule has 1 aliphatic heterocycles. The van der Waals surface area contributed by atoms with E-state index in [0.717, 1.165) is 5.69 Å². The van der Waals surface area contributed by atoms with Crippen molar-refractivity contribution in [2.75, 3.05) is 11.9 Å². The van der Waals surface area contributed by atoms with E-state index in [2.05, 4.69) is 15.4 Å². The van der Waals surface area contributed by atoms with Crippen LogP contribution in [0.4, 0.5) is 5.82 Å². The number of carbonyl (C=O) groups is 3. The van der Waals surface area contributed by atoms with Crippen molar-refractivity contribution in [3.8, 4) is 16.6 Å². The number of anilines is 1. The van der Waals surface area contributed by atoms with Gasteiger partial charge in [-0.1, -0.05) is 12.1 Å². The maximum absolute atomic E-state index is 12.6. The number of nitrogens with zero attached hydrogens (tertiary/aromatic N) is 4. The number of benzene rings is 1. The molecule has 1 aliphatic rings. The summed E-state index contributed by atoms with van der Waals surface area (Å²) in [6.45, 7) is 2.01. The summed E-state index contributed by atoms with van der Waals surface area (Å²) in [5.41, 5.74) is 2.23. The zero-order valence-electron chi connectivity index (χ0n) is 17.6. The highest BCUT2D eigenvalue weighted by atomic mass is 32.1. The molecule has 0 radical (unpaired) electrons. The minimum atomic E-state index is -0.319. The molecular weight excluding hydrogens is 442 g/mol. The van der Waals surface area contributed by atoms with E-state index in [4.69, 9.17) is 4.42 Å². The topological polar surface area (TPSA) is 110 Å². The van der Waals surface area contributed by atoms with E-state index in [9.17, 15) is 14.4 Å². The Morgan fingerprint density at radius 2 is 1.88 bits per heavy atom. The Hall–Kier alpha value is -4.05. The third kappa shape index (κ3) is 3.96. The third-order valence-corrected chi connectivity index (χ3v) is 6.03. The summed E-state index contributed by atoms with van der Waals surface area (Å²) in [6, 6.07) is 12.1. The van der Waals surface area contributed by atoms with Gasteiger partial charge in [0.25, 0.3) is 11.8 Å². The highest BCUT2D eigenvalue weighted by Crippen LogP contribution is 2.27. The maximum atomic E-state index is 12.6. The second-order valence-corrected chi connectivity index (χ2v) is 8.37. The molecule has 3 amide bonds. The molecule has 0 saturated heterocycles. The maximum Gasteiger partial charge on any atom is 0.261 e. The van der Waals surface area contributed by atoms with Gasteiger partial charge in [-0.25, -0.2) is 4.98 Å². The number of nitrogens with one attached hydrogen (secondary N) is 1. The van der Waals surface area contributed by atoms with Crippen molar-refractivity contribution in [1.29, 1.82) is 0 Å². The number of rotatable bonds is 7. The molecule has 0 spiro atoms. The summed E-state index contributed by atoms with van der Waals surface area (Å²) in [5.74, 6) is 0.274. The predicted octanol–water partition coefficient (Wildman–Crippen LogP) is 3.91. The normalized spacial score (nSPS) is 12.9. The van der Waals surface area contributed by atoms with E-state index >= 15 is 0 Å². The van der Waals surface area contributed by atoms with Gasteiger partial charge < -0.3 is 9.73 Å². The molecule has 1 aromatic carbocycles. The Labute approximate surface area is 192 Å². The van der Waals surface area contributed by atoms with Crippen LogP contribution in [-0.2, 0) is 4.79 Å². The summed E-state index contributed by atoms with van der Waals surface area (Å²) in [7, 11) is 0. The fraction of sp³-hybridized carbons (Fsp3) is 0.174. The molecule has 3 aromatic heterocycles. The van der Waals surface area contributed by atoms with Gasteiger partial charge in [0.05, 0.1) is 23.1 Å². The lowest BCUT2D eigenvalue weighted by Crippen LogP contribution is -2.31. The number of furan rings is 1. The largest absolute Gasteiger partial charge is 0.463 e. The van der Waals surface area contributed by atoms with Crippen LogP contribution in [0, 0.1) is 6.92 Å². The van der Waals surface area contributed by atoms with Crippen LogP contribution in [0.1, 0.15) is 39.3 Å². The summed E-state index contributed by atoms with van der Waals surface area (Å²) in [5, 5.41) is 9.74. The Bertz CT molecular complexity index is 1320. The quantitative estimate of drug-likeness (QED) is 0.418. The number of thiazole rings is 1. The Kier molecular flexibility index (Phi) is 5.35. The molecule has 0 bridgehead atoms. The molecule has 4 heterocycles. The Morgan fingerprint density at radius 1 is 1.12 bits per heavy atom. The SMILES string of the molecule is Cc1cc(NC(=O)CCCN2C(=O)c3ccccc3C2=O)n(-c2nc(-c3ccco3)cs2)n1. The van der Waals surface area contributed by atoms with Crippen LogP contribution in [0.5, 0.6) is 0 Å². The first kappa shape index (κ1) is 20.8. The fourth-order valence-electron chi connectivity index (χ4n) is 3.68. The van der Waals surface area contributed by atoms with Crippen molar-refractivity contribution in [1.82, 2.24) is 19.7 Å². The van der Waals surface area contributed by atoms with E-state index in [1.165, 1.54) is 16.2 Å². The van der Waals surface area contributed by atoms with E-state index in [0.29, 0.717) is 40.0 Å². The standard InChI is InChI=1S/C23H19N5O4S/c1-14-12-19(28(26-14)23-24-17(13-33-23)18-8-5-11-32-18)25-20(29)9-4-10-27-21(30)15-6-2-3-7-16(15)22(27)31/h2-3,5-8,11-13H,4,9-10H2,1H3,(H,25,29). The summed E-state index contributed by atoms with van der Waals surface area (Å²) >= 11 is 1.38. The van der Waals surface area contributed by atoms with Gasteiger partial charge in [-0.3, -0.25) is 19.3 Å². The van der Waals surface area contributed by atoms with E-state index in [1.54, 1.807) is 47.3 Å². The lowest BCUT2D eigenvalue weighted by molar-refractivity contribution is -0.116. The molecule has 0 aliphatic carbocycles. The van der Waals surface area contributed by atoms with Crippen LogP contribution in [0.3, 0.4) is 0 Å². The van der Waals surface area contributed by atoms with Crippen LogP contribution in [-0.4, -0.2) is 43.9 Å². The zero-order valence-corrected chi connectivity index (χ0v) is 18.5. The summed E-state index contributed by atoms with van der Waals surface area (Å²) in [4.78, 5) is 43.2. The van der Waals surface area contributed by atoms with Gasteiger partial charge in [0.15, 0.2) is 5.76 Å². The molecule has 5 rings (SSSR count). The average Bonchev–Trinajstić information content (AvgIpc) is 3.59.